The van der Waals surface area contributed by atoms with Crippen LogP contribution in [0.4, 0.5) is 10.1 Å². The minimum atomic E-state index is -0.201. The molecule has 2 aromatic rings. The molecule has 1 N–H and O–H groups in total. The van der Waals surface area contributed by atoms with Crippen LogP contribution in [0.15, 0.2) is 48.5 Å². The third kappa shape index (κ3) is 3.47. The first kappa shape index (κ1) is 13.4. The molecule has 3 heteroatoms. The number of anilines is 1. The maximum atomic E-state index is 13.3. The molecule has 0 amide bonds. The molecule has 100 valence electrons. The first-order chi connectivity index (χ1) is 9.22. The van der Waals surface area contributed by atoms with Crippen LogP contribution in [0, 0.1) is 5.82 Å². The number of rotatable bonds is 5. The SMILES string of the molecule is CCC(Nc1ccc(OC)cc1)c1cccc(F)c1. The van der Waals surface area contributed by atoms with Gasteiger partial charge >= 0.3 is 0 Å². The highest BCUT2D eigenvalue weighted by Crippen LogP contribution is 2.24. The molecule has 0 radical (unpaired) electrons. The predicted molar refractivity (Wildman–Crippen MR) is 76.0 cm³/mol. The molecule has 1 unspecified atom stereocenters. The number of halogens is 1. The summed E-state index contributed by atoms with van der Waals surface area (Å²) in [5.74, 6) is 0.622. The zero-order valence-electron chi connectivity index (χ0n) is 11.2. The Hall–Kier alpha value is -2.03. The minimum Gasteiger partial charge on any atom is -0.497 e. The lowest BCUT2D eigenvalue weighted by atomic mass is 10.0. The first-order valence-electron chi connectivity index (χ1n) is 6.39. The zero-order valence-corrected chi connectivity index (χ0v) is 11.2. The maximum absolute atomic E-state index is 13.3. The van der Waals surface area contributed by atoms with Crippen molar-refractivity contribution in [3.05, 3.63) is 59.9 Å². The van der Waals surface area contributed by atoms with Crippen LogP contribution in [0.25, 0.3) is 0 Å². The number of benzene rings is 2. The number of hydrogen-bond donors (Lipinski definition) is 1. The average Bonchev–Trinajstić information content (AvgIpc) is 2.45. The van der Waals surface area contributed by atoms with Gasteiger partial charge in [-0.1, -0.05) is 19.1 Å². The molecule has 19 heavy (non-hydrogen) atoms. The highest BCUT2D eigenvalue weighted by Gasteiger charge is 2.09. The fourth-order valence-electron chi connectivity index (χ4n) is 2.03. The quantitative estimate of drug-likeness (QED) is 0.859. The predicted octanol–water partition coefficient (Wildman–Crippen LogP) is 4.40. The van der Waals surface area contributed by atoms with Crippen molar-refractivity contribution in [2.24, 2.45) is 0 Å². The van der Waals surface area contributed by atoms with E-state index in [4.69, 9.17) is 4.74 Å². The van der Waals surface area contributed by atoms with Gasteiger partial charge in [-0.2, -0.15) is 0 Å². The van der Waals surface area contributed by atoms with Crippen molar-refractivity contribution in [2.75, 3.05) is 12.4 Å². The summed E-state index contributed by atoms with van der Waals surface area (Å²) in [5, 5.41) is 3.40. The Morgan fingerprint density at radius 2 is 1.89 bits per heavy atom. The van der Waals surface area contributed by atoms with E-state index in [1.807, 2.05) is 30.3 Å². The molecular formula is C16H18FNO. The van der Waals surface area contributed by atoms with Crippen LogP contribution in [0.1, 0.15) is 24.9 Å². The summed E-state index contributed by atoms with van der Waals surface area (Å²) >= 11 is 0. The number of ether oxygens (including phenoxy) is 1. The third-order valence-electron chi connectivity index (χ3n) is 3.09. The monoisotopic (exact) mass is 259 g/mol. The molecule has 1 atom stereocenters. The van der Waals surface area contributed by atoms with Gasteiger partial charge in [0, 0.05) is 5.69 Å². The van der Waals surface area contributed by atoms with Gasteiger partial charge in [0.1, 0.15) is 11.6 Å². The van der Waals surface area contributed by atoms with Crippen LogP contribution in [0.5, 0.6) is 5.75 Å². The van der Waals surface area contributed by atoms with Crippen LogP contribution in [0.2, 0.25) is 0 Å². The Labute approximate surface area is 113 Å². The van der Waals surface area contributed by atoms with Crippen molar-refractivity contribution >= 4 is 5.69 Å². The molecule has 2 nitrogen and oxygen atoms in total. The molecule has 0 aliphatic rings. The second-order valence-electron chi connectivity index (χ2n) is 4.39. The molecule has 0 aromatic heterocycles. The van der Waals surface area contributed by atoms with E-state index < -0.39 is 0 Å². The van der Waals surface area contributed by atoms with Gasteiger partial charge in [0.15, 0.2) is 0 Å². The average molecular weight is 259 g/mol. The van der Waals surface area contributed by atoms with E-state index in [1.54, 1.807) is 19.2 Å². The summed E-state index contributed by atoms with van der Waals surface area (Å²) in [6.07, 6.45) is 0.884. The molecule has 0 saturated heterocycles. The Bertz CT molecular complexity index is 525. The van der Waals surface area contributed by atoms with Crippen molar-refractivity contribution < 1.29 is 9.13 Å². The summed E-state index contributed by atoms with van der Waals surface area (Å²) in [7, 11) is 1.64. The molecule has 0 saturated carbocycles. The lowest BCUT2D eigenvalue weighted by molar-refractivity contribution is 0.415. The lowest BCUT2D eigenvalue weighted by Crippen LogP contribution is -2.09. The van der Waals surface area contributed by atoms with Gasteiger partial charge < -0.3 is 10.1 Å². The van der Waals surface area contributed by atoms with E-state index in [-0.39, 0.29) is 11.9 Å². The van der Waals surface area contributed by atoms with Gasteiger partial charge in [0.2, 0.25) is 0 Å². The summed E-state index contributed by atoms with van der Waals surface area (Å²) in [4.78, 5) is 0. The Kier molecular flexibility index (Phi) is 4.39. The van der Waals surface area contributed by atoms with Crippen LogP contribution in [0.3, 0.4) is 0 Å². The molecule has 0 heterocycles. The maximum Gasteiger partial charge on any atom is 0.123 e. The molecule has 2 aromatic carbocycles. The lowest BCUT2D eigenvalue weighted by Gasteiger charge is -2.19. The molecule has 0 aliphatic carbocycles. The van der Waals surface area contributed by atoms with Gasteiger partial charge in [-0.15, -0.1) is 0 Å². The molecule has 2 rings (SSSR count). The van der Waals surface area contributed by atoms with Crippen LogP contribution >= 0.6 is 0 Å². The summed E-state index contributed by atoms with van der Waals surface area (Å²) in [5.41, 5.74) is 1.95. The highest BCUT2D eigenvalue weighted by atomic mass is 19.1. The largest absolute Gasteiger partial charge is 0.497 e. The second kappa shape index (κ2) is 6.23. The molecule has 0 fully saturated rings. The minimum absolute atomic E-state index is 0.101. The summed E-state index contributed by atoms with van der Waals surface area (Å²) < 4.78 is 18.4. The van der Waals surface area contributed by atoms with Gasteiger partial charge in [-0.05, 0) is 48.4 Å². The van der Waals surface area contributed by atoms with Crippen LogP contribution < -0.4 is 10.1 Å². The number of methoxy groups -OCH3 is 1. The molecular weight excluding hydrogens is 241 g/mol. The number of hydrogen-bond acceptors (Lipinski definition) is 2. The van der Waals surface area contributed by atoms with Crippen molar-refractivity contribution in [3.8, 4) is 5.75 Å². The van der Waals surface area contributed by atoms with E-state index in [0.717, 1.165) is 23.4 Å². The molecule has 0 spiro atoms. The van der Waals surface area contributed by atoms with Crippen molar-refractivity contribution in [2.45, 2.75) is 19.4 Å². The van der Waals surface area contributed by atoms with E-state index in [9.17, 15) is 4.39 Å². The van der Waals surface area contributed by atoms with Gasteiger partial charge in [-0.25, -0.2) is 4.39 Å². The van der Waals surface area contributed by atoms with E-state index in [2.05, 4.69) is 12.2 Å². The van der Waals surface area contributed by atoms with E-state index in [0.29, 0.717) is 0 Å². The first-order valence-corrected chi connectivity index (χ1v) is 6.39. The Balaban J connectivity index is 2.14. The van der Waals surface area contributed by atoms with Crippen LogP contribution in [-0.4, -0.2) is 7.11 Å². The smallest absolute Gasteiger partial charge is 0.123 e. The van der Waals surface area contributed by atoms with Crippen molar-refractivity contribution in [3.63, 3.8) is 0 Å². The van der Waals surface area contributed by atoms with Gasteiger partial charge in [0.05, 0.1) is 13.2 Å². The molecule has 0 aliphatic heterocycles. The Morgan fingerprint density at radius 3 is 2.47 bits per heavy atom. The zero-order chi connectivity index (χ0) is 13.7. The summed E-state index contributed by atoms with van der Waals surface area (Å²) in [6, 6.07) is 14.5. The number of nitrogens with one attached hydrogen (secondary N) is 1. The third-order valence-corrected chi connectivity index (χ3v) is 3.09. The normalized spacial score (nSPS) is 11.9. The van der Waals surface area contributed by atoms with Gasteiger partial charge in [0.25, 0.3) is 0 Å². The molecule has 0 bridgehead atoms. The van der Waals surface area contributed by atoms with Gasteiger partial charge in [-0.3, -0.25) is 0 Å². The fraction of sp³-hybridized carbons (Fsp3) is 0.250. The highest BCUT2D eigenvalue weighted by molar-refractivity contribution is 5.48. The second-order valence-corrected chi connectivity index (χ2v) is 4.39. The van der Waals surface area contributed by atoms with E-state index >= 15 is 0 Å². The fourth-order valence-corrected chi connectivity index (χ4v) is 2.03. The van der Waals surface area contributed by atoms with Crippen molar-refractivity contribution in [1.29, 1.82) is 0 Å². The van der Waals surface area contributed by atoms with Crippen LogP contribution in [-0.2, 0) is 0 Å². The Morgan fingerprint density at radius 1 is 1.16 bits per heavy atom. The van der Waals surface area contributed by atoms with E-state index in [1.165, 1.54) is 6.07 Å². The standard InChI is InChI=1S/C16H18FNO/c1-3-16(12-5-4-6-13(17)11-12)18-14-7-9-15(19-2)10-8-14/h4-11,16,18H,3H2,1-2H3. The van der Waals surface area contributed by atoms with Crippen molar-refractivity contribution in [1.82, 2.24) is 0 Å². The topological polar surface area (TPSA) is 21.3 Å². The summed E-state index contributed by atoms with van der Waals surface area (Å²) in [6.45, 7) is 2.08.